The van der Waals surface area contributed by atoms with Gasteiger partial charge in [0.2, 0.25) is 0 Å². The molecule has 0 amide bonds. The standard InChI is InChI=1S/C8H11N3/c1-7-5-10-11(6-7)8(2)3-4-9/h5-6,8H,3H2,1-2H3/t8-/m0/s1. The quantitative estimate of drug-likeness (QED) is 0.641. The lowest BCUT2D eigenvalue weighted by molar-refractivity contribution is 0.500. The summed E-state index contributed by atoms with van der Waals surface area (Å²) >= 11 is 0. The van der Waals surface area contributed by atoms with Crippen LogP contribution in [0.15, 0.2) is 12.4 Å². The van der Waals surface area contributed by atoms with E-state index in [4.69, 9.17) is 5.26 Å². The second-order valence-electron chi connectivity index (χ2n) is 2.71. The van der Waals surface area contributed by atoms with Crippen LogP contribution in [0, 0.1) is 18.3 Å². The summed E-state index contributed by atoms with van der Waals surface area (Å²) in [6, 6.07) is 2.30. The highest BCUT2D eigenvalue weighted by molar-refractivity contribution is 5.00. The minimum Gasteiger partial charge on any atom is -0.269 e. The largest absolute Gasteiger partial charge is 0.269 e. The molecule has 0 spiro atoms. The summed E-state index contributed by atoms with van der Waals surface area (Å²) in [7, 11) is 0. The molecule has 58 valence electrons. The first-order valence-corrected chi connectivity index (χ1v) is 3.61. The summed E-state index contributed by atoms with van der Waals surface area (Å²) in [4.78, 5) is 0. The maximum Gasteiger partial charge on any atom is 0.0644 e. The molecule has 0 aliphatic rings. The van der Waals surface area contributed by atoms with Gasteiger partial charge in [0.25, 0.3) is 0 Å². The lowest BCUT2D eigenvalue weighted by Crippen LogP contribution is -2.03. The highest BCUT2D eigenvalue weighted by atomic mass is 15.3. The van der Waals surface area contributed by atoms with Gasteiger partial charge in [0, 0.05) is 6.20 Å². The van der Waals surface area contributed by atoms with E-state index in [9.17, 15) is 0 Å². The van der Waals surface area contributed by atoms with Gasteiger partial charge in [0.15, 0.2) is 0 Å². The fraction of sp³-hybridized carbons (Fsp3) is 0.500. The molecule has 0 unspecified atom stereocenters. The van der Waals surface area contributed by atoms with E-state index in [1.54, 1.807) is 6.20 Å². The molecule has 1 aromatic heterocycles. The molecule has 0 bridgehead atoms. The van der Waals surface area contributed by atoms with Crippen LogP contribution in [0.25, 0.3) is 0 Å². The summed E-state index contributed by atoms with van der Waals surface area (Å²) in [6.45, 7) is 3.97. The Labute approximate surface area is 66.3 Å². The van der Waals surface area contributed by atoms with Crippen molar-refractivity contribution in [1.29, 1.82) is 5.26 Å². The maximum atomic E-state index is 8.41. The number of nitrogens with zero attached hydrogens (tertiary/aromatic N) is 3. The monoisotopic (exact) mass is 149 g/mol. The van der Waals surface area contributed by atoms with E-state index < -0.39 is 0 Å². The summed E-state index contributed by atoms with van der Waals surface area (Å²) in [6.07, 6.45) is 4.26. The zero-order chi connectivity index (χ0) is 8.27. The van der Waals surface area contributed by atoms with Crippen molar-refractivity contribution in [3.63, 3.8) is 0 Å². The van der Waals surface area contributed by atoms with E-state index >= 15 is 0 Å². The third kappa shape index (κ3) is 1.81. The van der Waals surface area contributed by atoms with Crippen LogP contribution in [-0.4, -0.2) is 9.78 Å². The van der Waals surface area contributed by atoms with Gasteiger partial charge in [0.05, 0.1) is 24.7 Å². The van der Waals surface area contributed by atoms with Crippen molar-refractivity contribution < 1.29 is 0 Å². The number of hydrogen-bond acceptors (Lipinski definition) is 2. The third-order valence-corrected chi connectivity index (χ3v) is 1.57. The molecule has 0 aliphatic carbocycles. The van der Waals surface area contributed by atoms with Crippen LogP contribution in [-0.2, 0) is 0 Å². The number of aromatic nitrogens is 2. The third-order valence-electron chi connectivity index (χ3n) is 1.57. The first kappa shape index (κ1) is 7.80. The highest BCUT2D eigenvalue weighted by Gasteiger charge is 2.03. The molecule has 0 radical (unpaired) electrons. The van der Waals surface area contributed by atoms with Gasteiger partial charge in [-0.05, 0) is 19.4 Å². The Hall–Kier alpha value is -1.30. The van der Waals surface area contributed by atoms with E-state index in [1.807, 2.05) is 24.7 Å². The smallest absolute Gasteiger partial charge is 0.0644 e. The molecule has 1 aromatic rings. The average Bonchev–Trinajstić information content (AvgIpc) is 2.36. The fourth-order valence-electron chi connectivity index (χ4n) is 0.900. The molecule has 0 fully saturated rings. The van der Waals surface area contributed by atoms with Crippen LogP contribution < -0.4 is 0 Å². The molecule has 0 aromatic carbocycles. The molecule has 1 rings (SSSR count). The van der Waals surface area contributed by atoms with Crippen LogP contribution in [0.4, 0.5) is 0 Å². The van der Waals surface area contributed by atoms with Gasteiger partial charge in [-0.2, -0.15) is 10.4 Å². The van der Waals surface area contributed by atoms with Crippen molar-refractivity contribution in [3.05, 3.63) is 18.0 Å². The second-order valence-corrected chi connectivity index (χ2v) is 2.71. The maximum absolute atomic E-state index is 8.41. The molecular weight excluding hydrogens is 138 g/mol. The van der Waals surface area contributed by atoms with Crippen molar-refractivity contribution in [3.8, 4) is 6.07 Å². The zero-order valence-corrected chi connectivity index (χ0v) is 6.78. The lowest BCUT2D eigenvalue weighted by atomic mass is 10.2. The predicted octanol–water partition coefficient (Wildman–Crippen LogP) is 1.67. The first-order valence-electron chi connectivity index (χ1n) is 3.61. The van der Waals surface area contributed by atoms with Gasteiger partial charge in [-0.3, -0.25) is 4.68 Å². The Morgan fingerprint density at radius 1 is 1.82 bits per heavy atom. The van der Waals surface area contributed by atoms with E-state index in [-0.39, 0.29) is 6.04 Å². The van der Waals surface area contributed by atoms with Crippen LogP contribution in [0.2, 0.25) is 0 Å². The molecule has 11 heavy (non-hydrogen) atoms. The summed E-state index contributed by atoms with van der Waals surface area (Å²) in [5.74, 6) is 0. The van der Waals surface area contributed by atoms with Crippen molar-refractivity contribution in [2.45, 2.75) is 26.3 Å². The van der Waals surface area contributed by atoms with Crippen LogP contribution in [0.1, 0.15) is 24.9 Å². The number of aryl methyl sites for hydroxylation is 1. The van der Waals surface area contributed by atoms with E-state index in [0.29, 0.717) is 6.42 Å². The van der Waals surface area contributed by atoms with Gasteiger partial charge in [-0.1, -0.05) is 0 Å². The summed E-state index contributed by atoms with van der Waals surface area (Å²) < 4.78 is 1.82. The minimum atomic E-state index is 0.189. The van der Waals surface area contributed by atoms with Crippen molar-refractivity contribution >= 4 is 0 Å². The number of nitriles is 1. The molecule has 1 heterocycles. The molecule has 3 heteroatoms. The first-order chi connectivity index (χ1) is 5.24. The SMILES string of the molecule is Cc1cnn([C@@H](C)CC#N)c1. The molecule has 3 nitrogen and oxygen atoms in total. The fourth-order valence-corrected chi connectivity index (χ4v) is 0.900. The van der Waals surface area contributed by atoms with E-state index in [2.05, 4.69) is 11.2 Å². The van der Waals surface area contributed by atoms with Gasteiger partial charge in [-0.25, -0.2) is 0 Å². The normalized spacial score (nSPS) is 12.5. The Morgan fingerprint density at radius 3 is 3.00 bits per heavy atom. The Bertz CT molecular complexity index is 269. The van der Waals surface area contributed by atoms with Crippen molar-refractivity contribution in [1.82, 2.24) is 9.78 Å². The van der Waals surface area contributed by atoms with Crippen molar-refractivity contribution in [2.24, 2.45) is 0 Å². The predicted molar refractivity (Wildman–Crippen MR) is 41.9 cm³/mol. The van der Waals surface area contributed by atoms with Crippen LogP contribution in [0.5, 0.6) is 0 Å². The van der Waals surface area contributed by atoms with Crippen molar-refractivity contribution in [2.75, 3.05) is 0 Å². The van der Waals surface area contributed by atoms with Gasteiger partial charge < -0.3 is 0 Å². The number of hydrogen-bond donors (Lipinski definition) is 0. The molecule has 0 N–H and O–H groups in total. The van der Waals surface area contributed by atoms with Gasteiger partial charge >= 0.3 is 0 Å². The molecule has 0 saturated heterocycles. The van der Waals surface area contributed by atoms with E-state index in [0.717, 1.165) is 5.56 Å². The molecule has 1 atom stereocenters. The average molecular weight is 149 g/mol. The lowest BCUT2D eigenvalue weighted by Gasteiger charge is -2.05. The number of rotatable bonds is 2. The highest BCUT2D eigenvalue weighted by Crippen LogP contribution is 2.08. The van der Waals surface area contributed by atoms with Crippen LogP contribution >= 0.6 is 0 Å². The Morgan fingerprint density at radius 2 is 2.55 bits per heavy atom. The van der Waals surface area contributed by atoms with Crippen LogP contribution in [0.3, 0.4) is 0 Å². The molecular formula is C8H11N3. The minimum absolute atomic E-state index is 0.189. The topological polar surface area (TPSA) is 41.6 Å². The summed E-state index contributed by atoms with van der Waals surface area (Å²) in [5.41, 5.74) is 1.13. The van der Waals surface area contributed by atoms with Gasteiger partial charge in [-0.15, -0.1) is 0 Å². The molecule has 0 aliphatic heterocycles. The zero-order valence-electron chi connectivity index (χ0n) is 6.78. The molecule has 0 saturated carbocycles. The Balaban J connectivity index is 2.70. The van der Waals surface area contributed by atoms with Gasteiger partial charge in [0.1, 0.15) is 0 Å². The van der Waals surface area contributed by atoms with E-state index in [1.165, 1.54) is 0 Å². The summed E-state index contributed by atoms with van der Waals surface area (Å²) in [5, 5.41) is 12.5. The second kappa shape index (κ2) is 3.20. The Kier molecular flexibility index (Phi) is 2.27.